The summed E-state index contributed by atoms with van der Waals surface area (Å²) in [5.74, 6) is 5.63. The van der Waals surface area contributed by atoms with E-state index in [0.29, 0.717) is 23.0 Å². The highest BCUT2D eigenvalue weighted by atomic mass is 35.5. The number of rotatable bonds is 5. The summed E-state index contributed by atoms with van der Waals surface area (Å²) in [4.78, 5) is 8.08. The Morgan fingerprint density at radius 1 is 1.40 bits per heavy atom. The summed E-state index contributed by atoms with van der Waals surface area (Å²) in [6.07, 6.45) is 1.86. The zero-order chi connectivity index (χ0) is 14.5. The van der Waals surface area contributed by atoms with E-state index in [1.54, 1.807) is 12.1 Å². The maximum Gasteiger partial charge on any atom is 0.216 e. The van der Waals surface area contributed by atoms with Crippen LogP contribution in [-0.4, -0.2) is 17.1 Å². The molecule has 1 atom stereocenters. The van der Waals surface area contributed by atoms with Gasteiger partial charge in [0.05, 0.1) is 18.8 Å². The third-order valence-electron chi connectivity index (χ3n) is 2.87. The number of aromatic nitrogens is 2. The van der Waals surface area contributed by atoms with Crippen molar-refractivity contribution in [1.82, 2.24) is 15.4 Å². The number of hydrogen-bond donors (Lipinski definition) is 2. The number of halogens is 2. The van der Waals surface area contributed by atoms with Crippen molar-refractivity contribution in [2.75, 3.05) is 7.11 Å². The summed E-state index contributed by atoms with van der Waals surface area (Å²) in [7, 11) is 1.52. The van der Waals surface area contributed by atoms with Crippen LogP contribution in [0.1, 0.15) is 17.3 Å². The monoisotopic (exact) mass is 296 g/mol. The van der Waals surface area contributed by atoms with Gasteiger partial charge in [-0.3, -0.25) is 11.3 Å². The maximum absolute atomic E-state index is 13.0. The highest BCUT2D eigenvalue weighted by Crippen LogP contribution is 2.24. The Kier molecular flexibility index (Phi) is 4.84. The molecule has 0 amide bonds. The summed E-state index contributed by atoms with van der Waals surface area (Å²) >= 11 is 6.01. The molecule has 0 fully saturated rings. The molecule has 1 aromatic heterocycles. The Morgan fingerprint density at radius 3 is 2.85 bits per heavy atom. The van der Waals surface area contributed by atoms with Crippen molar-refractivity contribution in [1.29, 1.82) is 0 Å². The Hall–Kier alpha value is -1.76. The molecular weight excluding hydrogens is 283 g/mol. The predicted octanol–water partition coefficient (Wildman–Crippen LogP) is 2.02. The summed E-state index contributed by atoms with van der Waals surface area (Å²) in [6, 6.07) is 5.65. The average molecular weight is 297 g/mol. The van der Waals surface area contributed by atoms with E-state index in [-0.39, 0.29) is 11.9 Å². The highest BCUT2D eigenvalue weighted by Gasteiger charge is 2.15. The first-order valence-electron chi connectivity index (χ1n) is 5.90. The third-order valence-corrected chi connectivity index (χ3v) is 3.22. The fourth-order valence-electron chi connectivity index (χ4n) is 1.81. The van der Waals surface area contributed by atoms with E-state index < -0.39 is 0 Å². The molecule has 0 spiro atoms. The quantitative estimate of drug-likeness (QED) is 0.652. The van der Waals surface area contributed by atoms with Crippen LogP contribution in [0.4, 0.5) is 4.39 Å². The van der Waals surface area contributed by atoms with E-state index in [1.807, 2.05) is 0 Å². The van der Waals surface area contributed by atoms with E-state index in [9.17, 15) is 4.39 Å². The summed E-state index contributed by atoms with van der Waals surface area (Å²) in [6.45, 7) is 0. The van der Waals surface area contributed by atoms with Gasteiger partial charge in [0, 0.05) is 11.1 Å². The largest absolute Gasteiger partial charge is 0.481 e. The molecule has 0 radical (unpaired) electrons. The fraction of sp³-hybridized carbons (Fsp3) is 0.231. The average Bonchev–Trinajstić information content (AvgIpc) is 2.46. The lowest BCUT2D eigenvalue weighted by Crippen LogP contribution is -2.30. The van der Waals surface area contributed by atoms with Crippen LogP contribution in [0.2, 0.25) is 5.02 Å². The Labute approximate surface area is 120 Å². The number of nitrogens with one attached hydrogen (secondary N) is 1. The van der Waals surface area contributed by atoms with Crippen molar-refractivity contribution in [3.63, 3.8) is 0 Å². The molecule has 0 aliphatic carbocycles. The SMILES string of the molecule is COc1cc(C(Cc2ccc(F)cc2Cl)NN)ncn1. The second-order valence-corrected chi connectivity index (χ2v) is 4.55. The van der Waals surface area contributed by atoms with Gasteiger partial charge < -0.3 is 4.74 Å². The third kappa shape index (κ3) is 3.41. The molecule has 1 aromatic carbocycles. The van der Waals surface area contributed by atoms with Crippen LogP contribution in [-0.2, 0) is 6.42 Å². The topological polar surface area (TPSA) is 73.1 Å². The summed E-state index contributed by atoms with van der Waals surface area (Å²) in [5.41, 5.74) is 4.10. The first kappa shape index (κ1) is 14.6. The number of methoxy groups -OCH3 is 1. The van der Waals surface area contributed by atoms with Crippen LogP contribution >= 0.6 is 11.6 Å². The molecule has 0 aliphatic heterocycles. The molecule has 0 aliphatic rings. The molecule has 106 valence electrons. The van der Waals surface area contributed by atoms with Gasteiger partial charge in [-0.25, -0.2) is 14.4 Å². The first-order chi connectivity index (χ1) is 9.63. The van der Waals surface area contributed by atoms with E-state index in [0.717, 1.165) is 5.56 Å². The van der Waals surface area contributed by atoms with Crippen LogP contribution in [0.15, 0.2) is 30.6 Å². The summed E-state index contributed by atoms with van der Waals surface area (Å²) < 4.78 is 18.1. The van der Waals surface area contributed by atoms with Gasteiger partial charge in [0.1, 0.15) is 12.1 Å². The second kappa shape index (κ2) is 6.60. The van der Waals surface area contributed by atoms with Gasteiger partial charge >= 0.3 is 0 Å². The van der Waals surface area contributed by atoms with Gasteiger partial charge in [0.2, 0.25) is 5.88 Å². The number of hydrogen-bond acceptors (Lipinski definition) is 5. The van der Waals surface area contributed by atoms with Crippen molar-refractivity contribution in [3.8, 4) is 5.88 Å². The molecule has 7 heteroatoms. The van der Waals surface area contributed by atoms with Gasteiger partial charge in [-0.1, -0.05) is 17.7 Å². The van der Waals surface area contributed by atoms with Crippen molar-refractivity contribution < 1.29 is 9.13 Å². The van der Waals surface area contributed by atoms with Crippen molar-refractivity contribution in [3.05, 3.63) is 52.7 Å². The maximum atomic E-state index is 13.0. The number of nitrogens with two attached hydrogens (primary N) is 1. The molecule has 5 nitrogen and oxygen atoms in total. The van der Waals surface area contributed by atoms with Gasteiger partial charge in [0.15, 0.2) is 0 Å². The number of hydrazine groups is 1. The minimum absolute atomic E-state index is 0.283. The van der Waals surface area contributed by atoms with Gasteiger partial charge in [-0.2, -0.15) is 0 Å². The van der Waals surface area contributed by atoms with E-state index in [1.165, 1.54) is 25.6 Å². The lowest BCUT2D eigenvalue weighted by molar-refractivity contribution is 0.393. The van der Waals surface area contributed by atoms with Crippen molar-refractivity contribution in [2.45, 2.75) is 12.5 Å². The molecule has 1 heterocycles. The number of nitrogens with zero attached hydrogens (tertiary/aromatic N) is 2. The zero-order valence-electron chi connectivity index (χ0n) is 10.8. The number of benzene rings is 1. The standard InChI is InChI=1S/C13H14ClFN4O/c1-20-13-6-11(17-7-18-13)12(19-16)4-8-2-3-9(15)5-10(8)14/h2-3,5-7,12,19H,4,16H2,1H3. The lowest BCUT2D eigenvalue weighted by atomic mass is 10.0. The van der Waals surface area contributed by atoms with Gasteiger partial charge in [0.25, 0.3) is 0 Å². The fourth-order valence-corrected chi connectivity index (χ4v) is 2.06. The van der Waals surface area contributed by atoms with E-state index >= 15 is 0 Å². The highest BCUT2D eigenvalue weighted by molar-refractivity contribution is 6.31. The zero-order valence-corrected chi connectivity index (χ0v) is 11.6. The molecule has 1 unspecified atom stereocenters. The second-order valence-electron chi connectivity index (χ2n) is 4.14. The molecule has 0 saturated heterocycles. The molecule has 3 N–H and O–H groups in total. The minimum Gasteiger partial charge on any atom is -0.481 e. The van der Waals surface area contributed by atoms with Crippen LogP contribution in [0, 0.1) is 5.82 Å². The molecular formula is C13H14ClFN4O. The Bertz CT molecular complexity index is 596. The van der Waals surface area contributed by atoms with E-state index in [4.69, 9.17) is 22.2 Å². The Balaban J connectivity index is 2.23. The molecule has 0 saturated carbocycles. The van der Waals surface area contributed by atoms with Crippen LogP contribution < -0.4 is 16.0 Å². The molecule has 20 heavy (non-hydrogen) atoms. The molecule has 2 rings (SSSR count). The smallest absolute Gasteiger partial charge is 0.216 e. The Morgan fingerprint density at radius 2 is 2.20 bits per heavy atom. The van der Waals surface area contributed by atoms with Crippen molar-refractivity contribution in [2.24, 2.45) is 5.84 Å². The van der Waals surface area contributed by atoms with Crippen molar-refractivity contribution >= 4 is 11.6 Å². The van der Waals surface area contributed by atoms with Crippen LogP contribution in [0.25, 0.3) is 0 Å². The molecule has 2 aromatic rings. The number of ether oxygens (including phenoxy) is 1. The molecule has 0 bridgehead atoms. The van der Waals surface area contributed by atoms with Gasteiger partial charge in [-0.15, -0.1) is 0 Å². The van der Waals surface area contributed by atoms with Crippen LogP contribution in [0.3, 0.4) is 0 Å². The normalized spacial score (nSPS) is 12.2. The first-order valence-corrected chi connectivity index (χ1v) is 6.28. The predicted molar refractivity (Wildman–Crippen MR) is 73.8 cm³/mol. The van der Waals surface area contributed by atoms with Crippen LogP contribution in [0.5, 0.6) is 5.88 Å². The van der Waals surface area contributed by atoms with E-state index in [2.05, 4.69) is 15.4 Å². The lowest BCUT2D eigenvalue weighted by Gasteiger charge is -2.16. The minimum atomic E-state index is -0.375. The summed E-state index contributed by atoms with van der Waals surface area (Å²) in [5, 5.41) is 0.353. The van der Waals surface area contributed by atoms with Gasteiger partial charge in [-0.05, 0) is 24.1 Å².